The summed E-state index contributed by atoms with van der Waals surface area (Å²) < 4.78 is 0. The van der Waals surface area contributed by atoms with Crippen LogP contribution in [0, 0.1) is 61.3 Å². The molecule has 2 aromatic carbocycles. The van der Waals surface area contributed by atoms with Gasteiger partial charge in [-0.2, -0.15) is 76.9 Å². The molecule has 0 heterocycles. The minimum absolute atomic E-state index is 0. The first kappa shape index (κ1) is 32.8. The van der Waals surface area contributed by atoms with Gasteiger partial charge in [0.1, 0.15) is 0 Å². The van der Waals surface area contributed by atoms with Crippen LogP contribution in [0.2, 0.25) is 0 Å². The molecule has 0 nitrogen and oxygen atoms in total. The average Bonchev–Trinajstić information content (AvgIpc) is 3.05. The number of hydrogen-bond acceptors (Lipinski definition) is 0. The van der Waals surface area contributed by atoms with Crippen molar-refractivity contribution in [2.75, 3.05) is 0 Å². The Morgan fingerprint density at radius 2 is 1.00 bits per heavy atom. The van der Waals surface area contributed by atoms with Gasteiger partial charge in [-0.25, -0.2) is 0 Å². The van der Waals surface area contributed by atoms with Gasteiger partial charge in [-0.05, 0) is 0 Å². The maximum absolute atomic E-state index is 2.27. The van der Waals surface area contributed by atoms with Gasteiger partial charge in [0.2, 0.25) is 0 Å². The van der Waals surface area contributed by atoms with E-state index in [0.29, 0.717) is 0 Å². The molecule has 0 aromatic heterocycles. The van der Waals surface area contributed by atoms with Crippen molar-refractivity contribution in [2.24, 2.45) is 0 Å². The molecule has 175 valence electrons. The van der Waals surface area contributed by atoms with Gasteiger partial charge in [-0.1, -0.05) is 107 Å². The number of unbranched alkanes of at least 4 members (excludes halogenated alkanes) is 6. The van der Waals surface area contributed by atoms with Crippen molar-refractivity contribution in [1.82, 2.24) is 0 Å². The van der Waals surface area contributed by atoms with Gasteiger partial charge in [-0.3, -0.25) is 0 Å². The molecule has 0 atom stereocenters. The minimum atomic E-state index is 0. The van der Waals surface area contributed by atoms with E-state index < -0.39 is 0 Å². The standard InChI is InChI=1S/C12H25.2C9H13.Zr/c1-4-5-6-7-8-9-10-11-12(2)3;2*1-6-5-7(2)9(4)8(6)3;/h4-11H2,1-3H3;2*5H,1-4H3;/q3*-1;+3. The second-order valence-electron chi connectivity index (χ2n) is 9.60. The molecule has 1 radical (unpaired) electrons. The van der Waals surface area contributed by atoms with E-state index in [-0.39, 0.29) is 26.2 Å². The first-order valence-corrected chi connectivity index (χ1v) is 12.2. The van der Waals surface area contributed by atoms with Crippen molar-refractivity contribution in [1.29, 1.82) is 0 Å². The Labute approximate surface area is 215 Å². The Morgan fingerprint density at radius 3 is 1.23 bits per heavy atom. The minimum Gasteiger partial charge on any atom is -0.320 e. The van der Waals surface area contributed by atoms with Crippen LogP contribution in [0.4, 0.5) is 0 Å². The van der Waals surface area contributed by atoms with Crippen LogP contribution in [0.5, 0.6) is 0 Å². The van der Waals surface area contributed by atoms with Gasteiger partial charge in [0.05, 0.1) is 0 Å². The molecule has 0 fully saturated rings. The molecule has 31 heavy (non-hydrogen) atoms. The Bertz CT molecular complexity index is 601. The Kier molecular flexibility index (Phi) is 19.1. The largest absolute Gasteiger partial charge is 3.00 e. The second-order valence-corrected chi connectivity index (χ2v) is 9.60. The van der Waals surface area contributed by atoms with Crippen LogP contribution in [-0.4, -0.2) is 0 Å². The summed E-state index contributed by atoms with van der Waals surface area (Å²) in [5.41, 5.74) is 11.5. The molecule has 0 N–H and O–H groups in total. The molecule has 2 rings (SSSR count). The Balaban J connectivity index is 0. The summed E-state index contributed by atoms with van der Waals surface area (Å²) in [7, 11) is 0. The molecule has 2 aromatic rings. The Hall–Kier alpha value is -0.417. The molecule has 0 amide bonds. The van der Waals surface area contributed by atoms with Crippen molar-refractivity contribution in [3.63, 3.8) is 0 Å². The van der Waals surface area contributed by atoms with E-state index in [0.717, 1.165) is 0 Å². The fourth-order valence-corrected chi connectivity index (χ4v) is 3.70. The third kappa shape index (κ3) is 13.7. The molecular weight excluding hydrogens is 452 g/mol. The number of hydrogen-bond donors (Lipinski definition) is 0. The van der Waals surface area contributed by atoms with Gasteiger partial charge >= 0.3 is 26.2 Å². The first-order chi connectivity index (χ1) is 14.0. The molecule has 0 saturated carbocycles. The number of rotatable bonds is 8. The zero-order chi connectivity index (χ0) is 23.3. The van der Waals surface area contributed by atoms with Crippen LogP contribution in [0.1, 0.15) is 117 Å². The predicted octanol–water partition coefficient (Wildman–Crippen LogP) is 10.0. The SMILES string of the molecule is CCCCCCCCC[C-](C)C.Cc1c[c-](C)c(C)c1C.Cc1c[c-](C)c(C)c1C.[Zr+3]. The molecule has 0 saturated heterocycles. The summed E-state index contributed by atoms with van der Waals surface area (Å²) in [6.45, 7) is 24.1. The number of aryl methyl sites for hydroxylation is 4. The van der Waals surface area contributed by atoms with E-state index in [1.807, 2.05) is 0 Å². The van der Waals surface area contributed by atoms with Crippen molar-refractivity contribution < 1.29 is 26.2 Å². The molecule has 0 aliphatic rings. The smallest absolute Gasteiger partial charge is 0.320 e. The molecule has 0 spiro atoms. The Morgan fingerprint density at radius 1 is 0.645 bits per heavy atom. The zero-order valence-corrected chi connectivity index (χ0v) is 25.3. The fourth-order valence-electron chi connectivity index (χ4n) is 3.70. The van der Waals surface area contributed by atoms with Crippen LogP contribution >= 0.6 is 0 Å². The predicted molar refractivity (Wildman–Crippen MR) is 139 cm³/mol. The monoisotopic (exact) mass is 501 g/mol. The maximum atomic E-state index is 2.27. The molecule has 1 heteroatoms. The normalized spacial score (nSPS) is 10.2. The fraction of sp³-hybridized carbons (Fsp3) is 0.633. The van der Waals surface area contributed by atoms with E-state index in [9.17, 15) is 0 Å². The van der Waals surface area contributed by atoms with Gasteiger partial charge in [0.25, 0.3) is 0 Å². The van der Waals surface area contributed by atoms with E-state index >= 15 is 0 Å². The van der Waals surface area contributed by atoms with Crippen LogP contribution in [0.25, 0.3) is 0 Å². The van der Waals surface area contributed by atoms with Gasteiger partial charge in [-0.15, -0.1) is 0 Å². The van der Waals surface area contributed by atoms with Crippen LogP contribution in [-0.2, 0) is 26.2 Å². The second kappa shape index (κ2) is 18.1. The molecular formula is C30H51Zr. The summed E-state index contributed by atoms with van der Waals surface area (Å²) in [6, 6.07) is 4.48. The van der Waals surface area contributed by atoms with Crippen LogP contribution in [0.3, 0.4) is 0 Å². The van der Waals surface area contributed by atoms with Crippen LogP contribution in [0.15, 0.2) is 12.1 Å². The summed E-state index contributed by atoms with van der Waals surface area (Å²) in [4.78, 5) is 0. The quantitative estimate of drug-likeness (QED) is 0.249. The molecule has 0 aliphatic heterocycles. The van der Waals surface area contributed by atoms with Crippen molar-refractivity contribution in [3.8, 4) is 0 Å². The van der Waals surface area contributed by atoms with E-state index in [1.54, 1.807) is 5.92 Å². The van der Waals surface area contributed by atoms with Crippen molar-refractivity contribution in [2.45, 2.75) is 128 Å². The third-order valence-corrected chi connectivity index (χ3v) is 6.64. The topological polar surface area (TPSA) is 0 Å². The summed E-state index contributed by atoms with van der Waals surface area (Å²) in [5, 5.41) is 0. The summed E-state index contributed by atoms with van der Waals surface area (Å²) in [5.74, 6) is 1.59. The van der Waals surface area contributed by atoms with Gasteiger partial charge in [0, 0.05) is 0 Å². The average molecular weight is 503 g/mol. The first-order valence-electron chi connectivity index (χ1n) is 12.2. The zero-order valence-electron chi connectivity index (χ0n) is 22.8. The van der Waals surface area contributed by atoms with E-state index in [2.05, 4.69) is 88.3 Å². The molecule has 0 aliphatic carbocycles. The third-order valence-electron chi connectivity index (χ3n) is 6.64. The van der Waals surface area contributed by atoms with E-state index in [4.69, 9.17) is 0 Å². The summed E-state index contributed by atoms with van der Waals surface area (Å²) in [6.07, 6.45) is 11.3. The maximum Gasteiger partial charge on any atom is 3.00 e. The van der Waals surface area contributed by atoms with Crippen molar-refractivity contribution in [3.05, 3.63) is 62.6 Å². The van der Waals surface area contributed by atoms with Crippen LogP contribution < -0.4 is 0 Å². The van der Waals surface area contributed by atoms with Gasteiger partial charge < -0.3 is 5.92 Å². The van der Waals surface area contributed by atoms with Gasteiger partial charge in [0.15, 0.2) is 0 Å². The summed E-state index contributed by atoms with van der Waals surface area (Å²) >= 11 is 0. The molecule has 0 bridgehead atoms. The van der Waals surface area contributed by atoms with Crippen molar-refractivity contribution >= 4 is 0 Å². The molecule has 0 unspecified atom stereocenters. The van der Waals surface area contributed by atoms with E-state index in [1.165, 1.54) is 95.9 Å².